The monoisotopic (exact) mass is 206 g/mol. The van der Waals surface area contributed by atoms with Crippen molar-refractivity contribution < 1.29 is 9.53 Å². The highest BCUT2D eigenvalue weighted by Gasteiger charge is 2.24. The number of carbonyl (C=O) groups is 1. The lowest BCUT2D eigenvalue weighted by Crippen LogP contribution is -2.48. The molecule has 1 saturated heterocycles. The predicted octanol–water partition coefficient (Wildman–Crippen LogP) is 0.853. The van der Waals surface area contributed by atoms with E-state index in [1.165, 1.54) is 0 Å². The van der Waals surface area contributed by atoms with Gasteiger partial charge in [-0.3, -0.25) is 4.79 Å². The van der Waals surface area contributed by atoms with E-state index < -0.39 is 0 Å². The van der Waals surface area contributed by atoms with E-state index in [2.05, 4.69) is 10.6 Å². The molecular formula is C11H14N2O2. The topological polar surface area (TPSA) is 50.4 Å². The fourth-order valence-electron chi connectivity index (χ4n) is 1.39. The van der Waals surface area contributed by atoms with Crippen LogP contribution in [0.2, 0.25) is 0 Å². The van der Waals surface area contributed by atoms with Crippen LogP contribution in [0.15, 0.2) is 24.3 Å². The van der Waals surface area contributed by atoms with E-state index in [9.17, 15) is 4.79 Å². The van der Waals surface area contributed by atoms with E-state index in [1.54, 1.807) is 7.11 Å². The van der Waals surface area contributed by atoms with Crippen LogP contribution >= 0.6 is 0 Å². The summed E-state index contributed by atoms with van der Waals surface area (Å²) >= 11 is 0. The molecule has 0 aromatic heterocycles. The Balaban J connectivity index is 1.94. The van der Waals surface area contributed by atoms with Crippen molar-refractivity contribution >= 4 is 11.6 Å². The Morgan fingerprint density at radius 2 is 2.07 bits per heavy atom. The van der Waals surface area contributed by atoms with Crippen LogP contribution in [0.3, 0.4) is 0 Å². The summed E-state index contributed by atoms with van der Waals surface area (Å²) < 4.78 is 5.03. The third-order valence-corrected chi connectivity index (χ3v) is 2.51. The molecule has 80 valence electrons. The molecule has 1 aromatic carbocycles. The molecule has 2 N–H and O–H groups in total. The van der Waals surface area contributed by atoms with Crippen LogP contribution in [0.1, 0.15) is 0 Å². The Hall–Kier alpha value is -1.55. The second-order valence-corrected chi connectivity index (χ2v) is 3.57. The normalized spacial score (nSPS) is 15.5. The lowest BCUT2D eigenvalue weighted by molar-refractivity contribution is -0.121. The van der Waals surface area contributed by atoms with E-state index in [-0.39, 0.29) is 11.8 Å². The molecule has 0 spiro atoms. The Labute approximate surface area is 88.6 Å². The molecule has 1 aliphatic rings. The summed E-state index contributed by atoms with van der Waals surface area (Å²) in [6.07, 6.45) is 0. The molecule has 0 bridgehead atoms. The summed E-state index contributed by atoms with van der Waals surface area (Å²) in [6, 6.07) is 7.33. The molecule has 4 heteroatoms. The molecule has 1 aliphatic heterocycles. The van der Waals surface area contributed by atoms with Crippen molar-refractivity contribution in [1.82, 2.24) is 5.32 Å². The number of hydrogen-bond donors (Lipinski definition) is 2. The van der Waals surface area contributed by atoms with E-state index in [4.69, 9.17) is 4.74 Å². The number of benzene rings is 1. The molecule has 0 atom stereocenters. The lowest BCUT2D eigenvalue weighted by Gasteiger charge is -2.25. The quantitative estimate of drug-likeness (QED) is 0.771. The number of anilines is 1. The van der Waals surface area contributed by atoms with Crippen LogP contribution in [0, 0.1) is 5.92 Å². The first-order valence-electron chi connectivity index (χ1n) is 4.95. The Bertz CT molecular complexity index is 344. The van der Waals surface area contributed by atoms with Gasteiger partial charge >= 0.3 is 0 Å². The zero-order chi connectivity index (χ0) is 10.7. The van der Waals surface area contributed by atoms with E-state index in [1.807, 2.05) is 24.3 Å². The van der Waals surface area contributed by atoms with Gasteiger partial charge in [0.25, 0.3) is 0 Å². The van der Waals surface area contributed by atoms with Crippen LogP contribution in [-0.4, -0.2) is 26.1 Å². The highest BCUT2D eigenvalue weighted by atomic mass is 16.5. The minimum atomic E-state index is 0.0823. The molecule has 2 rings (SSSR count). The summed E-state index contributed by atoms with van der Waals surface area (Å²) in [6.45, 7) is 1.56. The van der Waals surface area contributed by atoms with Crippen molar-refractivity contribution in [3.05, 3.63) is 24.3 Å². The minimum Gasteiger partial charge on any atom is -0.497 e. The van der Waals surface area contributed by atoms with Crippen molar-refractivity contribution in [2.75, 3.05) is 25.5 Å². The van der Waals surface area contributed by atoms with E-state index >= 15 is 0 Å². The standard InChI is InChI=1S/C11H14N2O2/c1-15-10-4-2-9(3-5-10)13-11(14)8-6-12-7-8/h2-5,8,12H,6-7H2,1H3,(H,13,14). The fraction of sp³-hybridized carbons (Fsp3) is 0.364. The Kier molecular flexibility index (Phi) is 2.87. The number of rotatable bonds is 3. The second-order valence-electron chi connectivity index (χ2n) is 3.57. The van der Waals surface area contributed by atoms with Crippen molar-refractivity contribution in [2.24, 2.45) is 5.92 Å². The zero-order valence-corrected chi connectivity index (χ0v) is 8.62. The Morgan fingerprint density at radius 3 is 2.53 bits per heavy atom. The first kappa shape index (κ1) is 9.98. The second kappa shape index (κ2) is 4.31. The molecule has 0 unspecified atom stereocenters. The first-order valence-corrected chi connectivity index (χ1v) is 4.95. The zero-order valence-electron chi connectivity index (χ0n) is 8.62. The molecule has 0 radical (unpaired) electrons. The number of hydrogen-bond acceptors (Lipinski definition) is 3. The molecule has 4 nitrogen and oxygen atoms in total. The molecule has 1 heterocycles. The van der Waals surface area contributed by atoms with Crippen LogP contribution < -0.4 is 15.4 Å². The fourth-order valence-corrected chi connectivity index (χ4v) is 1.39. The van der Waals surface area contributed by atoms with Crippen molar-refractivity contribution in [3.8, 4) is 5.75 Å². The molecule has 1 aromatic rings. The van der Waals surface area contributed by atoms with Crippen LogP contribution in [0.5, 0.6) is 5.75 Å². The third kappa shape index (κ3) is 2.27. The van der Waals surface area contributed by atoms with Crippen LogP contribution in [0.4, 0.5) is 5.69 Å². The number of carbonyl (C=O) groups excluding carboxylic acids is 1. The number of nitrogens with one attached hydrogen (secondary N) is 2. The average Bonchev–Trinajstić information content (AvgIpc) is 2.16. The SMILES string of the molecule is COc1ccc(NC(=O)C2CNC2)cc1. The highest BCUT2D eigenvalue weighted by molar-refractivity contribution is 5.93. The molecule has 15 heavy (non-hydrogen) atoms. The summed E-state index contributed by atoms with van der Waals surface area (Å²) in [5.74, 6) is 0.990. The maximum absolute atomic E-state index is 11.6. The molecular weight excluding hydrogens is 192 g/mol. The third-order valence-electron chi connectivity index (χ3n) is 2.51. The van der Waals surface area contributed by atoms with Gasteiger partial charge in [0.1, 0.15) is 5.75 Å². The van der Waals surface area contributed by atoms with Gasteiger partial charge in [-0.25, -0.2) is 0 Å². The van der Waals surface area contributed by atoms with Gasteiger partial charge in [-0.1, -0.05) is 0 Å². The maximum Gasteiger partial charge on any atom is 0.230 e. The largest absolute Gasteiger partial charge is 0.497 e. The number of methoxy groups -OCH3 is 1. The average molecular weight is 206 g/mol. The molecule has 0 aliphatic carbocycles. The maximum atomic E-state index is 11.6. The minimum absolute atomic E-state index is 0.0823. The summed E-state index contributed by atoms with van der Waals surface area (Å²) in [7, 11) is 1.62. The first-order chi connectivity index (χ1) is 7.29. The van der Waals surface area contributed by atoms with Gasteiger partial charge in [-0.05, 0) is 24.3 Å². The molecule has 0 saturated carbocycles. The van der Waals surface area contributed by atoms with Crippen LogP contribution in [0.25, 0.3) is 0 Å². The van der Waals surface area contributed by atoms with Crippen molar-refractivity contribution in [1.29, 1.82) is 0 Å². The van der Waals surface area contributed by atoms with Gasteiger partial charge in [0, 0.05) is 18.8 Å². The number of amides is 1. The van der Waals surface area contributed by atoms with E-state index in [0.29, 0.717) is 0 Å². The Morgan fingerprint density at radius 1 is 1.40 bits per heavy atom. The van der Waals surface area contributed by atoms with Crippen molar-refractivity contribution in [3.63, 3.8) is 0 Å². The number of ether oxygens (including phenoxy) is 1. The lowest BCUT2D eigenvalue weighted by atomic mass is 10.0. The molecule has 1 amide bonds. The predicted molar refractivity (Wildman–Crippen MR) is 58.0 cm³/mol. The van der Waals surface area contributed by atoms with Gasteiger partial charge < -0.3 is 15.4 Å². The highest BCUT2D eigenvalue weighted by Crippen LogP contribution is 2.16. The van der Waals surface area contributed by atoms with Crippen LogP contribution in [-0.2, 0) is 4.79 Å². The van der Waals surface area contributed by atoms with Gasteiger partial charge in [0.05, 0.1) is 13.0 Å². The summed E-state index contributed by atoms with van der Waals surface area (Å²) in [5.41, 5.74) is 0.813. The van der Waals surface area contributed by atoms with Crippen molar-refractivity contribution in [2.45, 2.75) is 0 Å². The van der Waals surface area contributed by atoms with Gasteiger partial charge in [0.15, 0.2) is 0 Å². The van der Waals surface area contributed by atoms with Gasteiger partial charge in [0.2, 0.25) is 5.91 Å². The van der Waals surface area contributed by atoms with Gasteiger partial charge in [-0.15, -0.1) is 0 Å². The molecule has 1 fully saturated rings. The smallest absolute Gasteiger partial charge is 0.230 e. The van der Waals surface area contributed by atoms with Gasteiger partial charge in [-0.2, -0.15) is 0 Å². The van der Waals surface area contributed by atoms with E-state index in [0.717, 1.165) is 24.5 Å². The summed E-state index contributed by atoms with van der Waals surface area (Å²) in [4.78, 5) is 11.6. The summed E-state index contributed by atoms with van der Waals surface area (Å²) in [5, 5.41) is 5.93.